The summed E-state index contributed by atoms with van der Waals surface area (Å²) in [5.74, 6) is -0.466. The quantitative estimate of drug-likeness (QED) is 0.867. The number of carboxylic acids is 1. The third kappa shape index (κ3) is 3.46. The average molecular weight is 288 g/mol. The lowest BCUT2D eigenvalue weighted by Gasteiger charge is -2.25. The fourth-order valence-corrected chi connectivity index (χ4v) is 2.99. The third-order valence-electron chi connectivity index (χ3n) is 2.60. The number of carboxylic acid groups (broad SMARTS) is 1. The first-order valence-corrected chi connectivity index (χ1v) is 7.73. The van der Waals surface area contributed by atoms with E-state index in [0.29, 0.717) is 0 Å². The molecular formula is C11H16N2O3S2. The predicted octanol–water partition coefficient (Wildman–Crippen LogP) is 2.05. The summed E-state index contributed by atoms with van der Waals surface area (Å²) in [5, 5.41) is 10.2. The number of nitrogens with zero attached hydrogens (tertiary/aromatic N) is 2. The maximum Gasteiger partial charge on any atom is 0.365 e. The lowest BCUT2D eigenvalue weighted by atomic mass is 10.2. The highest BCUT2D eigenvalue weighted by Crippen LogP contribution is 2.15. The summed E-state index contributed by atoms with van der Waals surface area (Å²) in [6.07, 6.45) is 2.85. The fourth-order valence-electron chi connectivity index (χ4n) is 1.51. The smallest absolute Gasteiger partial charge is 0.365 e. The molecule has 0 saturated heterocycles. The Morgan fingerprint density at radius 3 is 2.72 bits per heavy atom. The Morgan fingerprint density at radius 1 is 1.61 bits per heavy atom. The molecule has 1 aromatic heterocycles. The second-order valence-corrected chi connectivity index (χ2v) is 5.55. The molecule has 0 aliphatic rings. The Balaban J connectivity index is 2.81. The molecule has 100 valence electrons. The summed E-state index contributed by atoms with van der Waals surface area (Å²) in [6, 6.07) is 0.141. The maximum absolute atomic E-state index is 12.1. The highest BCUT2D eigenvalue weighted by Gasteiger charge is 2.22. The van der Waals surface area contributed by atoms with Crippen LogP contribution in [0, 0.1) is 0 Å². The first-order valence-electron chi connectivity index (χ1n) is 5.46. The van der Waals surface area contributed by atoms with E-state index in [9.17, 15) is 9.59 Å². The largest absolute Gasteiger partial charge is 0.476 e. The van der Waals surface area contributed by atoms with E-state index in [-0.39, 0.29) is 22.7 Å². The van der Waals surface area contributed by atoms with Gasteiger partial charge in [-0.25, -0.2) is 9.78 Å². The molecule has 1 heterocycles. The van der Waals surface area contributed by atoms with Crippen molar-refractivity contribution in [1.29, 1.82) is 0 Å². The van der Waals surface area contributed by atoms with E-state index in [1.165, 1.54) is 5.38 Å². The number of thioether (sulfide) groups is 1. The van der Waals surface area contributed by atoms with Crippen LogP contribution in [0.2, 0.25) is 0 Å². The van der Waals surface area contributed by atoms with Gasteiger partial charge in [-0.1, -0.05) is 6.92 Å². The zero-order valence-corrected chi connectivity index (χ0v) is 12.2. The Morgan fingerprint density at radius 2 is 2.28 bits per heavy atom. The van der Waals surface area contributed by atoms with Crippen molar-refractivity contribution in [2.24, 2.45) is 0 Å². The molecule has 0 saturated carbocycles. The van der Waals surface area contributed by atoms with Crippen molar-refractivity contribution in [1.82, 2.24) is 9.88 Å². The van der Waals surface area contributed by atoms with E-state index in [2.05, 4.69) is 4.98 Å². The molecule has 7 heteroatoms. The van der Waals surface area contributed by atoms with Crippen LogP contribution < -0.4 is 0 Å². The SMILES string of the molecule is CCC(CSC)N(C)C(=O)c1csc(C(=O)O)n1. The topological polar surface area (TPSA) is 70.5 Å². The molecule has 0 aliphatic carbocycles. The van der Waals surface area contributed by atoms with Crippen molar-refractivity contribution in [2.45, 2.75) is 19.4 Å². The van der Waals surface area contributed by atoms with E-state index in [1.54, 1.807) is 23.7 Å². The van der Waals surface area contributed by atoms with Crippen molar-refractivity contribution in [2.75, 3.05) is 19.1 Å². The zero-order valence-electron chi connectivity index (χ0n) is 10.5. The number of thiazole rings is 1. The van der Waals surface area contributed by atoms with E-state index in [0.717, 1.165) is 23.5 Å². The van der Waals surface area contributed by atoms with Gasteiger partial charge in [0.15, 0.2) is 0 Å². The van der Waals surface area contributed by atoms with Gasteiger partial charge in [0, 0.05) is 24.2 Å². The molecule has 18 heavy (non-hydrogen) atoms. The van der Waals surface area contributed by atoms with Crippen LogP contribution in [0.3, 0.4) is 0 Å². The average Bonchev–Trinajstić information content (AvgIpc) is 2.83. The minimum absolute atomic E-state index is 0.0512. The number of carbonyl (C=O) groups is 2. The number of hydrogen-bond donors (Lipinski definition) is 1. The van der Waals surface area contributed by atoms with Crippen molar-refractivity contribution < 1.29 is 14.7 Å². The Kier molecular flexibility index (Phi) is 5.61. The van der Waals surface area contributed by atoms with Crippen molar-refractivity contribution in [3.8, 4) is 0 Å². The molecule has 0 spiro atoms. The lowest BCUT2D eigenvalue weighted by molar-refractivity contribution is 0.0696. The molecule has 1 aromatic rings. The van der Waals surface area contributed by atoms with Gasteiger partial charge in [0.2, 0.25) is 5.01 Å². The summed E-state index contributed by atoms with van der Waals surface area (Å²) in [7, 11) is 1.73. The van der Waals surface area contributed by atoms with Crippen LogP contribution in [-0.2, 0) is 0 Å². The van der Waals surface area contributed by atoms with Crippen molar-refractivity contribution in [3.05, 3.63) is 16.1 Å². The highest BCUT2D eigenvalue weighted by atomic mass is 32.2. The second kappa shape index (κ2) is 6.75. The molecular weight excluding hydrogens is 272 g/mol. The van der Waals surface area contributed by atoms with Crippen LogP contribution in [-0.4, -0.2) is 52.0 Å². The molecule has 5 nitrogen and oxygen atoms in total. The first kappa shape index (κ1) is 15.0. The summed E-state index contributed by atoms with van der Waals surface area (Å²) < 4.78 is 0. The molecule has 0 radical (unpaired) electrons. The van der Waals surface area contributed by atoms with Crippen LogP contribution in [0.25, 0.3) is 0 Å². The Hall–Kier alpha value is -1.08. The lowest BCUT2D eigenvalue weighted by Crippen LogP contribution is -2.38. The molecule has 1 amide bonds. The summed E-state index contributed by atoms with van der Waals surface area (Å²) in [6.45, 7) is 2.02. The number of rotatable bonds is 6. The number of carbonyl (C=O) groups excluding carboxylic acids is 1. The van der Waals surface area contributed by atoms with Crippen LogP contribution in [0.1, 0.15) is 33.6 Å². The van der Waals surface area contributed by atoms with Crippen LogP contribution in [0.15, 0.2) is 5.38 Å². The third-order valence-corrected chi connectivity index (χ3v) is 4.15. The molecule has 0 aromatic carbocycles. The standard InChI is InChI=1S/C11H16N2O3S2/c1-4-7(5-17-3)13(2)10(14)8-6-18-9(12-8)11(15)16/h6-7H,4-5H2,1-3H3,(H,15,16). The van der Waals surface area contributed by atoms with E-state index >= 15 is 0 Å². The molecule has 0 fully saturated rings. The van der Waals surface area contributed by atoms with Crippen molar-refractivity contribution >= 4 is 35.0 Å². The van der Waals surface area contributed by atoms with Crippen LogP contribution in [0.5, 0.6) is 0 Å². The molecule has 0 aliphatic heterocycles. The minimum atomic E-state index is -1.10. The fraction of sp³-hybridized carbons (Fsp3) is 0.545. The number of aromatic nitrogens is 1. The van der Waals surface area contributed by atoms with Gasteiger partial charge in [-0.3, -0.25) is 4.79 Å². The first-order chi connectivity index (χ1) is 8.51. The van der Waals surface area contributed by atoms with E-state index in [1.807, 2.05) is 13.2 Å². The molecule has 1 unspecified atom stereocenters. The van der Waals surface area contributed by atoms with Crippen LogP contribution >= 0.6 is 23.1 Å². The number of amides is 1. The molecule has 0 bridgehead atoms. The van der Waals surface area contributed by atoms with Gasteiger partial charge in [-0.15, -0.1) is 11.3 Å². The molecule has 1 N–H and O–H groups in total. The van der Waals surface area contributed by atoms with Crippen LogP contribution in [0.4, 0.5) is 0 Å². The Bertz CT molecular complexity index is 434. The van der Waals surface area contributed by atoms with Gasteiger partial charge in [-0.2, -0.15) is 11.8 Å². The maximum atomic E-state index is 12.1. The van der Waals surface area contributed by atoms with Gasteiger partial charge in [0.1, 0.15) is 5.69 Å². The zero-order chi connectivity index (χ0) is 13.7. The Labute approximate surface area is 114 Å². The minimum Gasteiger partial charge on any atom is -0.476 e. The normalized spacial score (nSPS) is 12.2. The monoisotopic (exact) mass is 288 g/mol. The molecule has 1 rings (SSSR count). The van der Waals surface area contributed by atoms with E-state index < -0.39 is 5.97 Å². The highest BCUT2D eigenvalue weighted by molar-refractivity contribution is 7.98. The van der Waals surface area contributed by atoms with Gasteiger partial charge in [-0.05, 0) is 12.7 Å². The van der Waals surface area contributed by atoms with Gasteiger partial charge < -0.3 is 10.0 Å². The second-order valence-electron chi connectivity index (χ2n) is 3.78. The summed E-state index contributed by atoms with van der Waals surface area (Å²) in [5.41, 5.74) is 0.208. The number of aromatic carboxylic acids is 1. The van der Waals surface area contributed by atoms with Gasteiger partial charge >= 0.3 is 5.97 Å². The molecule has 1 atom stereocenters. The van der Waals surface area contributed by atoms with Gasteiger partial charge in [0.25, 0.3) is 5.91 Å². The van der Waals surface area contributed by atoms with E-state index in [4.69, 9.17) is 5.11 Å². The summed E-state index contributed by atoms with van der Waals surface area (Å²) in [4.78, 5) is 28.3. The number of hydrogen-bond acceptors (Lipinski definition) is 5. The summed E-state index contributed by atoms with van der Waals surface area (Å²) >= 11 is 2.65. The van der Waals surface area contributed by atoms with Gasteiger partial charge in [0.05, 0.1) is 0 Å². The van der Waals surface area contributed by atoms with Crippen molar-refractivity contribution in [3.63, 3.8) is 0 Å². The predicted molar refractivity (Wildman–Crippen MR) is 73.6 cm³/mol.